The number of rotatable bonds is 5. The van der Waals surface area contributed by atoms with Gasteiger partial charge in [0.15, 0.2) is 0 Å². The maximum atomic E-state index is 8.59. The van der Waals surface area contributed by atoms with Crippen molar-refractivity contribution in [1.82, 2.24) is 9.97 Å². The summed E-state index contributed by atoms with van der Waals surface area (Å²) in [6, 6.07) is 8.74. The lowest BCUT2D eigenvalue weighted by Gasteiger charge is -2.23. The Labute approximate surface area is 155 Å². The van der Waals surface area contributed by atoms with E-state index in [2.05, 4.69) is 39.4 Å². The molecule has 0 amide bonds. The van der Waals surface area contributed by atoms with E-state index in [1.165, 1.54) is 43.2 Å². The Kier molecular flexibility index (Phi) is 8.55. The summed E-state index contributed by atoms with van der Waals surface area (Å²) in [5.74, 6) is 5.98. The minimum absolute atomic E-state index is 0.239. The molecule has 1 aliphatic carbocycles. The van der Waals surface area contributed by atoms with Gasteiger partial charge in [0.25, 0.3) is 0 Å². The summed E-state index contributed by atoms with van der Waals surface area (Å²) in [6.45, 7) is 2.30. The van der Waals surface area contributed by atoms with E-state index in [0.29, 0.717) is 6.04 Å². The normalized spacial score (nSPS) is 14.7. The van der Waals surface area contributed by atoms with Crippen LogP contribution in [-0.2, 0) is 6.42 Å². The van der Waals surface area contributed by atoms with Gasteiger partial charge in [0.05, 0.1) is 11.8 Å². The van der Waals surface area contributed by atoms with Gasteiger partial charge < -0.3 is 16.3 Å². The Morgan fingerprint density at radius 3 is 2.62 bits per heavy atom. The summed E-state index contributed by atoms with van der Waals surface area (Å²) < 4.78 is 0. The third-order valence-corrected chi connectivity index (χ3v) is 4.42. The number of hydrogen-bond acceptors (Lipinski definition) is 6. The molecule has 1 aromatic carbocycles. The van der Waals surface area contributed by atoms with Crippen molar-refractivity contribution >= 4 is 12.0 Å². The van der Waals surface area contributed by atoms with E-state index in [-0.39, 0.29) is 6.61 Å². The quantitative estimate of drug-likeness (QED) is 0.435. The van der Waals surface area contributed by atoms with Gasteiger partial charge in [0, 0.05) is 18.8 Å². The molecule has 6 heteroatoms. The molecule has 0 bridgehead atoms. The molecule has 140 valence electrons. The highest BCUT2D eigenvalue weighted by atomic mass is 16.2. The van der Waals surface area contributed by atoms with Crippen LogP contribution in [0.4, 0.5) is 5.82 Å². The zero-order chi connectivity index (χ0) is 18.6. The Morgan fingerprint density at radius 2 is 1.96 bits per heavy atom. The van der Waals surface area contributed by atoms with Gasteiger partial charge in [0.2, 0.25) is 0 Å². The van der Waals surface area contributed by atoms with Gasteiger partial charge in [-0.05, 0) is 31.7 Å². The largest absolute Gasteiger partial charge is 0.396 e. The Bertz CT molecular complexity index is 666. The molecule has 1 saturated carbocycles. The maximum Gasteiger partial charge on any atom is 0.138 e. The second kappa shape index (κ2) is 11.2. The smallest absolute Gasteiger partial charge is 0.138 e. The second-order valence-corrected chi connectivity index (χ2v) is 6.54. The first kappa shape index (κ1) is 19.8. The number of anilines is 1. The predicted octanol–water partition coefficient (Wildman–Crippen LogP) is 3.04. The number of aliphatic hydroxyl groups is 1. The summed E-state index contributed by atoms with van der Waals surface area (Å²) in [7, 11) is 0. The van der Waals surface area contributed by atoms with E-state index >= 15 is 0 Å². The van der Waals surface area contributed by atoms with E-state index in [4.69, 9.17) is 10.9 Å². The molecule has 0 radical (unpaired) electrons. The topological polar surface area (TPSA) is 96.4 Å². The summed E-state index contributed by atoms with van der Waals surface area (Å²) in [6.07, 6.45) is 12.0. The number of nitrogens with one attached hydrogen (secondary N) is 1. The summed E-state index contributed by atoms with van der Waals surface area (Å²) in [5, 5.41) is 15.5. The van der Waals surface area contributed by atoms with Crippen molar-refractivity contribution in [3.8, 4) is 0 Å². The first-order valence-corrected chi connectivity index (χ1v) is 9.19. The SMILES string of the molecule is Cc1ccc(CCO)cc1.N/N=C\c1cncnc1NC1CCCCC1. The monoisotopic (exact) mass is 355 g/mol. The van der Waals surface area contributed by atoms with Gasteiger partial charge in [0.1, 0.15) is 12.1 Å². The molecule has 4 N–H and O–H groups in total. The molecule has 3 rings (SSSR count). The van der Waals surface area contributed by atoms with Gasteiger partial charge in [-0.15, -0.1) is 0 Å². The molecule has 0 saturated heterocycles. The van der Waals surface area contributed by atoms with E-state index in [1.54, 1.807) is 18.7 Å². The van der Waals surface area contributed by atoms with Crippen molar-refractivity contribution in [2.24, 2.45) is 10.9 Å². The van der Waals surface area contributed by atoms with E-state index in [9.17, 15) is 0 Å². The molecule has 1 fully saturated rings. The second-order valence-electron chi connectivity index (χ2n) is 6.54. The lowest BCUT2D eigenvalue weighted by atomic mass is 9.95. The van der Waals surface area contributed by atoms with Crippen molar-refractivity contribution in [2.75, 3.05) is 11.9 Å². The minimum atomic E-state index is 0.239. The predicted molar refractivity (Wildman–Crippen MR) is 106 cm³/mol. The fourth-order valence-corrected chi connectivity index (χ4v) is 2.96. The molecule has 6 nitrogen and oxygen atoms in total. The molecule has 0 unspecified atom stereocenters. The molecule has 1 aliphatic rings. The number of hydrazone groups is 1. The van der Waals surface area contributed by atoms with Crippen molar-refractivity contribution in [3.05, 3.63) is 53.5 Å². The Hall–Kier alpha value is -2.47. The molecule has 0 spiro atoms. The molecule has 1 heterocycles. The number of aliphatic hydroxyl groups excluding tert-OH is 1. The van der Waals surface area contributed by atoms with E-state index < -0.39 is 0 Å². The third kappa shape index (κ3) is 6.80. The van der Waals surface area contributed by atoms with Crippen molar-refractivity contribution in [3.63, 3.8) is 0 Å². The number of aromatic nitrogens is 2. The van der Waals surface area contributed by atoms with Crippen LogP contribution in [0.25, 0.3) is 0 Å². The average molecular weight is 355 g/mol. The average Bonchev–Trinajstić information content (AvgIpc) is 2.67. The molecule has 0 aliphatic heterocycles. The molecule has 0 atom stereocenters. The van der Waals surface area contributed by atoms with Crippen LogP contribution in [0.15, 0.2) is 41.9 Å². The summed E-state index contributed by atoms with van der Waals surface area (Å²) >= 11 is 0. The molecule has 26 heavy (non-hydrogen) atoms. The number of nitrogens with zero attached hydrogens (tertiary/aromatic N) is 3. The summed E-state index contributed by atoms with van der Waals surface area (Å²) in [4.78, 5) is 8.18. The van der Waals surface area contributed by atoms with Gasteiger partial charge >= 0.3 is 0 Å². The standard InChI is InChI=1S/C11H17N5.C9H12O/c12-15-7-9-6-13-8-14-11(9)16-10-4-2-1-3-5-10;1-8-2-4-9(5-3-8)6-7-10/h6-8,10H,1-5,12H2,(H,13,14,16);2-5,10H,6-7H2,1H3/b15-7-;. The van der Waals surface area contributed by atoms with E-state index in [0.717, 1.165) is 17.8 Å². The van der Waals surface area contributed by atoms with Crippen LogP contribution in [0.5, 0.6) is 0 Å². The molecule has 1 aromatic heterocycles. The van der Waals surface area contributed by atoms with Crippen LogP contribution in [-0.4, -0.2) is 33.9 Å². The number of benzene rings is 1. The van der Waals surface area contributed by atoms with Crippen molar-refractivity contribution in [2.45, 2.75) is 51.5 Å². The molecular weight excluding hydrogens is 326 g/mol. The van der Waals surface area contributed by atoms with Crippen molar-refractivity contribution in [1.29, 1.82) is 0 Å². The number of aryl methyl sites for hydroxylation is 1. The lowest BCUT2D eigenvalue weighted by molar-refractivity contribution is 0.299. The minimum Gasteiger partial charge on any atom is -0.396 e. The van der Waals surface area contributed by atoms with Gasteiger partial charge in [-0.3, -0.25) is 0 Å². The third-order valence-electron chi connectivity index (χ3n) is 4.42. The van der Waals surface area contributed by atoms with Crippen molar-refractivity contribution < 1.29 is 5.11 Å². The fraction of sp³-hybridized carbons (Fsp3) is 0.450. The highest BCUT2D eigenvalue weighted by Gasteiger charge is 2.14. The van der Waals surface area contributed by atoms with Gasteiger partial charge in [-0.25, -0.2) is 9.97 Å². The highest BCUT2D eigenvalue weighted by Crippen LogP contribution is 2.21. The number of hydrogen-bond donors (Lipinski definition) is 3. The number of nitrogens with two attached hydrogens (primary N) is 1. The van der Waals surface area contributed by atoms with E-state index in [1.807, 2.05) is 12.1 Å². The van der Waals surface area contributed by atoms with Gasteiger partial charge in [-0.1, -0.05) is 49.1 Å². The van der Waals surface area contributed by atoms with Gasteiger partial charge in [-0.2, -0.15) is 5.10 Å². The molecule has 2 aromatic rings. The highest BCUT2D eigenvalue weighted by molar-refractivity contribution is 5.85. The Balaban J connectivity index is 0.000000209. The van der Waals surface area contributed by atoms with Crippen LogP contribution in [0.1, 0.15) is 48.8 Å². The fourth-order valence-electron chi connectivity index (χ4n) is 2.96. The van der Waals surface area contributed by atoms with Crippen LogP contribution < -0.4 is 11.2 Å². The Morgan fingerprint density at radius 1 is 1.23 bits per heavy atom. The summed E-state index contributed by atoms with van der Waals surface area (Å²) in [5.41, 5.74) is 3.31. The maximum absolute atomic E-state index is 8.59. The van der Waals surface area contributed by atoms with Crippen LogP contribution in [0.3, 0.4) is 0 Å². The first-order valence-electron chi connectivity index (χ1n) is 9.19. The van der Waals surface area contributed by atoms with Crippen LogP contribution in [0.2, 0.25) is 0 Å². The van der Waals surface area contributed by atoms with Crippen LogP contribution in [0, 0.1) is 6.92 Å². The molecular formula is C20H29N5O. The zero-order valence-electron chi connectivity index (χ0n) is 15.4. The van der Waals surface area contributed by atoms with Crippen LogP contribution >= 0.6 is 0 Å². The first-order chi connectivity index (χ1) is 12.7. The lowest BCUT2D eigenvalue weighted by Crippen LogP contribution is -2.23. The zero-order valence-corrected chi connectivity index (χ0v) is 15.4.